The van der Waals surface area contributed by atoms with Gasteiger partial charge in [-0.1, -0.05) is 0 Å². The first-order chi connectivity index (χ1) is 7.06. The minimum absolute atomic E-state index is 0.0952. The monoisotopic (exact) mass is 218 g/mol. The number of aliphatic hydroxyl groups excluding tert-OH is 2. The fraction of sp³-hybridized carbons (Fsp3) is 0.444. The third-order valence-corrected chi connectivity index (χ3v) is 1.94. The van der Waals surface area contributed by atoms with Crippen LogP contribution in [0.25, 0.3) is 0 Å². The van der Waals surface area contributed by atoms with Crippen LogP contribution >= 0.6 is 0 Å². The highest BCUT2D eigenvalue weighted by atomic mass is 19.1. The molecule has 0 aliphatic carbocycles. The average molecular weight is 218 g/mol. The molecule has 0 aliphatic rings. The number of aliphatic hydroxyl groups is 2. The van der Waals surface area contributed by atoms with Crippen molar-refractivity contribution in [2.45, 2.75) is 12.2 Å². The molecule has 0 amide bonds. The van der Waals surface area contributed by atoms with Gasteiger partial charge < -0.3 is 15.5 Å². The largest absolute Gasteiger partial charge is 0.389 e. The maximum atomic E-state index is 13.1. The van der Waals surface area contributed by atoms with Crippen LogP contribution in [0.1, 0.15) is 11.7 Å². The summed E-state index contributed by atoms with van der Waals surface area (Å²) in [5.41, 5.74) is -0.223. The number of nitrogens with one attached hydrogen (secondary N) is 1. The van der Waals surface area contributed by atoms with E-state index < -0.39 is 24.1 Å². The lowest BCUT2D eigenvalue weighted by Gasteiger charge is -2.17. The molecule has 2 unspecified atom stereocenters. The van der Waals surface area contributed by atoms with Crippen LogP contribution in [-0.2, 0) is 0 Å². The van der Waals surface area contributed by atoms with E-state index in [1.54, 1.807) is 7.05 Å². The Morgan fingerprint density at radius 3 is 2.60 bits per heavy atom. The highest BCUT2D eigenvalue weighted by Gasteiger charge is 2.21. The Balaban J connectivity index is 2.86. The molecule has 0 aromatic carbocycles. The fourth-order valence-electron chi connectivity index (χ4n) is 1.17. The molecule has 6 heteroatoms. The molecule has 1 heterocycles. The number of hydrogen-bond donors (Lipinski definition) is 3. The van der Waals surface area contributed by atoms with E-state index in [1.807, 2.05) is 0 Å². The third-order valence-electron chi connectivity index (χ3n) is 1.94. The molecule has 15 heavy (non-hydrogen) atoms. The molecule has 1 rings (SSSR count). The molecule has 0 radical (unpaired) electrons. The van der Waals surface area contributed by atoms with Gasteiger partial charge in [0.15, 0.2) is 0 Å². The number of rotatable bonds is 4. The van der Waals surface area contributed by atoms with Crippen LogP contribution in [0, 0.1) is 11.9 Å². The highest BCUT2D eigenvalue weighted by molar-refractivity contribution is 5.15. The number of aromatic nitrogens is 1. The van der Waals surface area contributed by atoms with Gasteiger partial charge in [-0.15, -0.1) is 0 Å². The molecular weight excluding hydrogens is 206 g/mol. The Kier molecular flexibility index (Phi) is 4.07. The van der Waals surface area contributed by atoms with Gasteiger partial charge >= 0.3 is 0 Å². The zero-order chi connectivity index (χ0) is 11.4. The standard InChI is InChI=1S/C9H12F2N2O2/c1-12-4-6(14)8(15)5-2-3-7(10)13-9(5)11/h2-3,6,8,12,14-15H,4H2,1H3. The van der Waals surface area contributed by atoms with Gasteiger partial charge in [-0.25, -0.2) is 0 Å². The molecule has 0 spiro atoms. The second-order valence-electron chi connectivity index (χ2n) is 3.08. The van der Waals surface area contributed by atoms with Crippen LogP contribution in [0.3, 0.4) is 0 Å². The molecular formula is C9H12F2N2O2. The van der Waals surface area contributed by atoms with E-state index in [0.717, 1.165) is 12.1 Å². The molecule has 4 nitrogen and oxygen atoms in total. The van der Waals surface area contributed by atoms with E-state index in [0.29, 0.717) is 0 Å². The van der Waals surface area contributed by atoms with Crippen LogP contribution in [0.15, 0.2) is 12.1 Å². The van der Waals surface area contributed by atoms with Gasteiger partial charge in [0.25, 0.3) is 0 Å². The minimum atomic E-state index is -1.43. The summed E-state index contributed by atoms with van der Waals surface area (Å²) in [6, 6.07) is 1.98. The first-order valence-corrected chi connectivity index (χ1v) is 4.39. The highest BCUT2D eigenvalue weighted by Crippen LogP contribution is 2.18. The maximum absolute atomic E-state index is 13.1. The summed E-state index contributed by atoms with van der Waals surface area (Å²) in [6.07, 6.45) is -2.60. The van der Waals surface area contributed by atoms with E-state index in [1.165, 1.54) is 0 Å². The minimum Gasteiger partial charge on any atom is -0.389 e. The van der Waals surface area contributed by atoms with Gasteiger partial charge in [-0.2, -0.15) is 13.8 Å². The van der Waals surface area contributed by atoms with E-state index in [4.69, 9.17) is 0 Å². The van der Waals surface area contributed by atoms with Crippen LogP contribution < -0.4 is 5.32 Å². The van der Waals surface area contributed by atoms with Crippen molar-refractivity contribution in [3.63, 3.8) is 0 Å². The second-order valence-corrected chi connectivity index (χ2v) is 3.08. The first kappa shape index (κ1) is 12.0. The molecule has 0 saturated carbocycles. The van der Waals surface area contributed by atoms with Crippen molar-refractivity contribution >= 4 is 0 Å². The molecule has 3 N–H and O–H groups in total. The molecule has 1 aromatic heterocycles. The Hall–Kier alpha value is -1.11. The third kappa shape index (κ3) is 2.92. The van der Waals surface area contributed by atoms with Gasteiger partial charge in [-0.05, 0) is 19.2 Å². The molecule has 84 valence electrons. The van der Waals surface area contributed by atoms with Gasteiger partial charge in [0.1, 0.15) is 6.10 Å². The van der Waals surface area contributed by atoms with Crippen LogP contribution in [0.4, 0.5) is 8.78 Å². The maximum Gasteiger partial charge on any atom is 0.221 e. The number of halogens is 2. The van der Waals surface area contributed by atoms with Crippen molar-refractivity contribution in [1.82, 2.24) is 10.3 Å². The lowest BCUT2D eigenvalue weighted by Crippen LogP contribution is -2.30. The molecule has 0 aliphatic heterocycles. The second kappa shape index (κ2) is 5.11. The smallest absolute Gasteiger partial charge is 0.221 e. The Labute approximate surface area is 85.6 Å². The molecule has 2 atom stereocenters. The number of hydrogen-bond acceptors (Lipinski definition) is 4. The first-order valence-electron chi connectivity index (χ1n) is 4.39. The number of likely N-dealkylation sites (N-methyl/N-ethyl adjacent to an activating group) is 1. The summed E-state index contributed by atoms with van der Waals surface area (Å²) in [5, 5.41) is 21.5. The van der Waals surface area contributed by atoms with Crippen molar-refractivity contribution < 1.29 is 19.0 Å². The van der Waals surface area contributed by atoms with E-state index in [2.05, 4.69) is 10.3 Å². The summed E-state index contributed by atoms with van der Waals surface area (Å²) in [4.78, 5) is 2.91. The summed E-state index contributed by atoms with van der Waals surface area (Å²) in [7, 11) is 1.58. The van der Waals surface area contributed by atoms with Crippen LogP contribution in [-0.4, -0.2) is 34.9 Å². The van der Waals surface area contributed by atoms with Crippen molar-refractivity contribution in [2.24, 2.45) is 0 Å². The fourth-order valence-corrected chi connectivity index (χ4v) is 1.17. The Morgan fingerprint density at radius 1 is 1.40 bits per heavy atom. The van der Waals surface area contributed by atoms with Gasteiger partial charge in [0.2, 0.25) is 11.9 Å². The zero-order valence-corrected chi connectivity index (χ0v) is 8.11. The summed E-state index contributed by atoms with van der Waals surface area (Å²) < 4.78 is 25.5. The summed E-state index contributed by atoms with van der Waals surface area (Å²) >= 11 is 0. The predicted octanol–water partition coefficient (Wildman–Crippen LogP) is -0.0265. The van der Waals surface area contributed by atoms with Crippen LogP contribution in [0.5, 0.6) is 0 Å². The summed E-state index contributed by atoms with van der Waals surface area (Å²) in [5.74, 6) is -2.08. The molecule has 0 fully saturated rings. The van der Waals surface area contributed by atoms with Crippen LogP contribution in [0.2, 0.25) is 0 Å². The lowest BCUT2D eigenvalue weighted by molar-refractivity contribution is 0.0175. The van der Waals surface area contributed by atoms with E-state index in [-0.39, 0.29) is 12.1 Å². The van der Waals surface area contributed by atoms with E-state index in [9.17, 15) is 19.0 Å². The predicted molar refractivity (Wildman–Crippen MR) is 49.0 cm³/mol. The lowest BCUT2D eigenvalue weighted by atomic mass is 10.1. The van der Waals surface area contributed by atoms with Crippen molar-refractivity contribution in [3.05, 3.63) is 29.6 Å². The zero-order valence-electron chi connectivity index (χ0n) is 8.11. The SMILES string of the molecule is CNCC(O)C(O)c1ccc(F)nc1F. The molecule has 1 aromatic rings. The Morgan fingerprint density at radius 2 is 2.07 bits per heavy atom. The Bertz CT molecular complexity index is 336. The van der Waals surface area contributed by atoms with E-state index >= 15 is 0 Å². The van der Waals surface area contributed by atoms with Crippen molar-refractivity contribution in [3.8, 4) is 0 Å². The average Bonchev–Trinajstić information content (AvgIpc) is 2.17. The number of pyridine rings is 1. The van der Waals surface area contributed by atoms with Gasteiger partial charge in [-0.3, -0.25) is 0 Å². The normalized spacial score (nSPS) is 15.0. The molecule has 0 bridgehead atoms. The number of nitrogens with zero attached hydrogens (tertiary/aromatic N) is 1. The molecule has 0 saturated heterocycles. The topological polar surface area (TPSA) is 65.4 Å². The van der Waals surface area contributed by atoms with Gasteiger partial charge in [0.05, 0.1) is 6.10 Å². The summed E-state index contributed by atoms with van der Waals surface area (Å²) in [6.45, 7) is 0.0952. The van der Waals surface area contributed by atoms with Crippen molar-refractivity contribution in [2.75, 3.05) is 13.6 Å². The van der Waals surface area contributed by atoms with Gasteiger partial charge in [0, 0.05) is 12.1 Å². The van der Waals surface area contributed by atoms with Crippen molar-refractivity contribution in [1.29, 1.82) is 0 Å². The quantitative estimate of drug-likeness (QED) is 0.621.